The average Bonchev–Trinajstić information content (AvgIpc) is 2.90. The second-order valence-corrected chi connectivity index (χ2v) is 6.15. The molecule has 0 atom stereocenters. The first-order valence-corrected chi connectivity index (χ1v) is 8.31. The number of hydrogen-bond donors (Lipinski definition) is 1. The quantitative estimate of drug-likeness (QED) is 0.625. The van der Waals surface area contributed by atoms with Crippen molar-refractivity contribution in [3.63, 3.8) is 0 Å². The van der Waals surface area contributed by atoms with Crippen molar-refractivity contribution >= 4 is 29.6 Å². The number of hydrogen-bond acceptors (Lipinski definition) is 4. The molecule has 0 aromatic heterocycles. The lowest BCUT2D eigenvalue weighted by molar-refractivity contribution is -0.123. The molecule has 27 heavy (non-hydrogen) atoms. The number of amides is 3. The Kier molecular flexibility index (Phi) is 5.32. The molecule has 3 amide bonds. The van der Waals surface area contributed by atoms with Crippen LogP contribution in [0.3, 0.4) is 0 Å². The van der Waals surface area contributed by atoms with Crippen LogP contribution >= 0.6 is 11.6 Å². The first-order valence-electron chi connectivity index (χ1n) is 7.93. The van der Waals surface area contributed by atoms with E-state index in [4.69, 9.17) is 21.1 Å². The Balaban J connectivity index is 1.86. The highest BCUT2D eigenvalue weighted by molar-refractivity contribution is 6.32. The molecule has 1 fully saturated rings. The van der Waals surface area contributed by atoms with Crippen molar-refractivity contribution in [2.75, 3.05) is 14.2 Å². The van der Waals surface area contributed by atoms with Crippen LogP contribution in [0.15, 0.2) is 42.1 Å². The highest BCUT2D eigenvalue weighted by atomic mass is 35.5. The van der Waals surface area contributed by atoms with Gasteiger partial charge in [0.25, 0.3) is 5.91 Å². The topological polar surface area (TPSA) is 67.9 Å². The molecule has 3 rings (SSSR count). The number of carbonyl (C=O) groups is 2. The molecule has 1 aliphatic heterocycles. The fourth-order valence-electron chi connectivity index (χ4n) is 2.68. The first-order chi connectivity index (χ1) is 12.9. The van der Waals surface area contributed by atoms with Gasteiger partial charge >= 0.3 is 6.03 Å². The van der Waals surface area contributed by atoms with E-state index in [1.165, 1.54) is 44.6 Å². The van der Waals surface area contributed by atoms with E-state index in [0.717, 1.165) is 4.90 Å². The Morgan fingerprint density at radius 2 is 1.85 bits per heavy atom. The molecule has 1 N–H and O–H groups in total. The molecule has 1 aliphatic rings. The van der Waals surface area contributed by atoms with Gasteiger partial charge in [-0.25, -0.2) is 9.18 Å². The standard InChI is InChI=1S/C19H16ClFN2O4/c1-26-16-9-12(7-14(20)17(16)27-2)8-15-18(24)23(19(25)22-15)10-11-3-5-13(21)6-4-11/h3-9H,10H2,1-2H3,(H,22,25)/b15-8+. The van der Waals surface area contributed by atoms with Crippen LogP contribution in [0.1, 0.15) is 11.1 Å². The van der Waals surface area contributed by atoms with E-state index < -0.39 is 11.9 Å². The molecule has 2 aromatic carbocycles. The number of methoxy groups -OCH3 is 2. The zero-order valence-corrected chi connectivity index (χ0v) is 15.3. The molecule has 0 radical (unpaired) electrons. The van der Waals surface area contributed by atoms with E-state index in [2.05, 4.69) is 5.32 Å². The molecule has 1 saturated heterocycles. The third kappa shape index (κ3) is 3.88. The fourth-order valence-corrected chi connectivity index (χ4v) is 2.97. The molecule has 2 aromatic rings. The summed E-state index contributed by atoms with van der Waals surface area (Å²) in [7, 11) is 2.94. The molecule has 0 spiro atoms. The van der Waals surface area contributed by atoms with Crippen molar-refractivity contribution < 1.29 is 23.5 Å². The summed E-state index contributed by atoms with van der Waals surface area (Å²) >= 11 is 6.17. The molecule has 0 aliphatic carbocycles. The fraction of sp³-hybridized carbons (Fsp3) is 0.158. The lowest BCUT2D eigenvalue weighted by Crippen LogP contribution is -2.30. The van der Waals surface area contributed by atoms with Gasteiger partial charge in [-0.15, -0.1) is 0 Å². The van der Waals surface area contributed by atoms with Gasteiger partial charge in [0.2, 0.25) is 0 Å². The van der Waals surface area contributed by atoms with Gasteiger partial charge in [0, 0.05) is 0 Å². The minimum atomic E-state index is -0.554. The van der Waals surface area contributed by atoms with Crippen LogP contribution < -0.4 is 14.8 Å². The van der Waals surface area contributed by atoms with Gasteiger partial charge in [0.05, 0.1) is 25.8 Å². The minimum Gasteiger partial charge on any atom is -0.493 e. The van der Waals surface area contributed by atoms with Crippen molar-refractivity contribution in [1.82, 2.24) is 10.2 Å². The summed E-state index contributed by atoms with van der Waals surface area (Å²) < 4.78 is 23.4. The first kappa shape index (κ1) is 18.7. The Morgan fingerprint density at radius 3 is 2.48 bits per heavy atom. The Bertz CT molecular complexity index is 928. The second kappa shape index (κ2) is 7.67. The summed E-state index contributed by atoms with van der Waals surface area (Å²) in [5.41, 5.74) is 1.30. The van der Waals surface area contributed by atoms with E-state index in [1.807, 2.05) is 0 Å². The van der Waals surface area contributed by atoms with Crippen molar-refractivity contribution in [3.05, 3.63) is 64.1 Å². The molecular formula is C19H16ClFN2O4. The van der Waals surface area contributed by atoms with Gasteiger partial charge in [-0.2, -0.15) is 0 Å². The van der Waals surface area contributed by atoms with E-state index in [9.17, 15) is 14.0 Å². The third-order valence-electron chi connectivity index (χ3n) is 3.98. The van der Waals surface area contributed by atoms with E-state index in [0.29, 0.717) is 27.6 Å². The summed E-state index contributed by atoms with van der Waals surface area (Å²) in [5.74, 6) is -0.102. The van der Waals surface area contributed by atoms with Gasteiger partial charge in [0.1, 0.15) is 11.5 Å². The number of benzene rings is 2. The molecule has 6 nitrogen and oxygen atoms in total. The van der Waals surface area contributed by atoms with Gasteiger partial charge < -0.3 is 14.8 Å². The smallest absolute Gasteiger partial charge is 0.329 e. The van der Waals surface area contributed by atoms with E-state index >= 15 is 0 Å². The monoisotopic (exact) mass is 390 g/mol. The Morgan fingerprint density at radius 1 is 1.15 bits per heavy atom. The average molecular weight is 391 g/mol. The van der Waals surface area contributed by atoms with Crippen molar-refractivity contribution in [1.29, 1.82) is 0 Å². The van der Waals surface area contributed by atoms with Gasteiger partial charge in [-0.3, -0.25) is 9.69 Å². The molecular weight excluding hydrogens is 375 g/mol. The molecule has 0 unspecified atom stereocenters. The van der Waals surface area contributed by atoms with Crippen molar-refractivity contribution in [2.24, 2.45) is 0 Å². The number of nitrogens with zero attached hydrogens (tertiary/aromatic N) is 1. The van der Waals surface area contributed by atoms with Crippen LogP contribution in [0.5, 0.6) is 11.5 Å². The van der Waals surface area contributed by atoms with Crippen molar-refractivity contribution in [3.8, 4) is 11.5 Å². The number of rotatable bonds is 5. The number of urea groups is 1. The van der Waals surface area contributed by atoms with Crippen LogP contribution in [0.25, 0.3) is 6.08 Å². The zero-order chi connectivity index (χ0) is 19.6. The summed E-state index contributed by atoms with van der Waals surface area (Å²) in [6.45, 7) is 0.0367. The van der Waals surface area contributed by atoms with Crippen LogP contribution in [-0.4, -0.2) is 31.1 Å². The summed E-state index contributed by atoms with van der Waals surface area (Å²) in [6, 6.07) is 8.27. The number of nitrogens with one attached hydrogen (secondary N) is 1. The third-order valence-corrected chi connectivity index (χ3v) is 4.26. The van der Waals surface area contributed by atoms with Crippen LogP contribution in [0.2, 0.25) is 5.02 Å². The maximum absolute atomic E-state index is 13.0. The number of imide groups is 1. The van der Waals surface area contributed by atoms with E-state index in [1.54, 1.807) is 12.1 Å². The van der Waals surface area contributed by atoms with Gasteiger partial charge in [-0.1, -0.05) is 23.7 Å². The second-order valence-electron chi connectivity index (χ2n) is 5.74. The van der Waals surface area contributed by atoms with Crippen LogP contribution in [0, 0.1) is 5.82 Å². The lowest BCUT2D eigenvalue weighted by atomic mass is 10.1. The predicted octanol–water partition coefficient (Wildman–Crippen LogP) is 3.59. The number of halogens is 2. The Hall–Kier alpha value is -3.06. The SMILES string of the molecule is COc1cc(/C=C2/NC(=O)N(Cc3ccc(F)cc3)C2=O)cc(Cl)c1OC. The molecule has 140 valence electrons. The molecule has 1 heterocycles. The normalized spacial score (nSPS) is 15.3. The maximum atomic E-state index is 13.0. The van der Waals surface area contributed by atoms with Crippen molar-refractivity contribution in [2.45, 2.75) is 6.54 Å². The number of carbonyl (C=O) groups excluding carboxylic acids is 2. The lowest BCUT2D eigenvalue weighted by Gasteiger charge is -2.12. The molecule has 0 bridgehead atoms. The largest absolute Gasteiger partial charge is 0.493 e. The minimum absolute atomic E-state index is 0.0367. The summed E-state index contributed by atoms with van der Waals surface area (Å²) in [5, 5.41) is 2.84. The Labute approximate surface area is 160 Å². The predicted molar refractivity (Wildman–Crippen MR) is 98.0 cm³/mol. The maximum Gasteiger partial charge on any atom is 0.329 e. The summed E-state index contributed by atoms with van der Waals surface area (Å²) in [6.07, 6.45) is 1.50. The van der Waals surface area contributed by atoms with Crippen LogP contribution in [-0.2, 0) is 11.3 Å². The highest BCUT2D eigenvalue weighted by Crippen LogP contribution is 2.36. The van der Waals surface area contributed by atoms with Gasteiger partial charge in [-0.05, 0) is 41.5 Å². The highest BCUT2D eigenvalue weighted by Gasteiger charge is 2.33. The summed E-state index contributed by atoms with van der Waals surface area (Å²) in [4.78, 5) is 25.8. The molecule has 0 saturated carbocycles. The van der Waals surface area contributed by atoms with E-state index in [-0.39, 0.29) is 18.1 Å². The molecule has 8 heteroatoms. The zero-order valence-electron chi connectivity index (χ0n) is 14.6. The van der Waals surface area contributed by atoms with Crippen LogP contribution in [0.4, 0.5) is 9.18 Å². The van der Waals surface area contributed by atoms with Gasteiger partial charge in [0.15, 0.2) is 11.5 Å². The number of ether oxygens (including phenoxy) is 2.